The molecule has 1 aromatic carbocycles. The summed E-state index contributed by atoms with van der Waals surface area (Å²) in [5.74, 6) is 1.56. The van der Waals surface area contributed by atoms with Gasteiger partial charge in [0, 0.05) is 12.8 Å². The second-order valence-electron chi connectivity index (χ2n) is 5.91. The molecule has 1 N–H and O–H groups in total. The minimum Gasteiger partial charge on any atom is -0.365 e. The minimum absolute atomic E-state index is 0.0422. The van der Waals surface area contributed by atoms with Gasteiger partial charge in [-0.05, 0) is 35.9 Å². The van der Waals surface area contributed by atoms with Gasteiger partial charge in [-0.15, -0.1) is 11.3 Å². The number of hydrogen-bond donors (Lipinski definition) is 1. The predicted molar refractivity (Wildman–Crippen MR) is 99.2 cm³/mol. The Bertz CT molecular complexity index is 994. The number of aryl methyl sites for hydroxylation is 2. The normalized spacial score (nSPS) is 11.8. The highest BCUT2D eigenvalue weighted by Crippen LogP contribution is 2.29. The van der Waals surface area contributed by atoms with Gasteiger partial charge in [-0.2, -0.15) is 0 Å². The Morgan fingerprint density at radius 2 is 1.83 bits per heavy atom. The highest BCUT2D eigenvalue weighted by atomic mass is 32.2. The second kappa shape index (κ2) is 6.49. The van der Waals surface area contributed by atoms with Gasteiger partial charge >= 0.3 is 0 Å². The van der Waals surface area contributed by atoms with Crippen molar-refractivity contribution >= 4 is 37.2 Å². The zero-order valence-electron chi connectivity index (χ0n) is 13.8. The van der Waals surface area contributed by atoms with Gasteiger partial charge in [-0.25, -0.2) is 18.4 Å². The molecule has 2 aromatic heterocycles. The molecule has 0 radical (unpaired) electrons. The summed E-state index contributed by atoms with van der Waals surface area (Å²) in [6.07, 6.45) is 1.25. The van der Waals surface area contributed by atoms with E-state index in [0.29, 0.717) is 6.54 Å². The van der Waals surface area contributed by atoms with Crippen LogP contribution in [0.15, 0.2) is 29.6 Å². The SMILES string of the molecule is Cc1nc(NCc2ccccc2CS(C)(=O)=O)c2c(C)csc2n1. The summed E-state index contributed by atoms with van der Waals surface area (Å²) in [7, 11) is -3.07. The minimum atomic E-state index is -3.07. The number of benzene rings is 1. The number of rotatable bonds is 5. The second-order valence-corrected chi connectivity index (χ2v) is 8.91. The lowest BCUT2D eigenvalue weighted by Gasteiger charge is -2.12. The quantitative estimate of drug-likeness (QED) is 0.753. The maximum Gasteiger partial charge on any atom is 0.151 e. The first-order valence-electron chi connectivity index (χ1n) is 7.54. The van der Waals surface area contributed by atoms with E-state index in [0.717, 1.165) is 38.5 Å². The van der Waals surface area contributed by atoms with Crippen LogP contribution in [0.4, 0.5) is 5.82 Å². The highest BCUT2D eigenvalue weighted by molar-refractivity contribution is 7.89. The maximum absolute atomic E-state index is 11.6. The predicted octanol–water partition coefficient (Wildman–Crippen LogP) is 3.46. The Labute approximate surface area is 145 Å². The Morgan fingerprint density at radius 1 is 1.12 bits per heavy atom. The summed E-state index contributed by atoms with van der Waals surface area (Å²) in [5.41, 5.74) is 2.92. The van der Waals surface area contributed by atoms with Gasteiger partial charge in [-0.3, -0.25) is 0 Å². The van der Waals surface area contributed by atoms with E-state index >= 15 is 0 Å². The van der Waals surface area contributed by atoms with E-state index in [1.807, 2.05) is 38.1 Å². The number of aromatic nitrogens is 2. The van der Waals surface area contributed by atoms with E-state index in [4.69, 9.17) is 0 Å². The lowest BCUT2D eigenvalue weighted by molar-refractivity contribution is 0.601. The van der Waals surface area contributed by atoms with Gasteiger partial charge in [0.25, 0.3) is 0 Å². The van der Waals surface area contributed by atoms with Gasteiger partial charge < -0.3 is 5.32 Å². The molecule has 0 atom stereocenters. The third-order valence-electron chi connectivity index (χ3n) is 3.71. The summed E-state index contributed by atoms with van der Waals surface area (Å²) in [6.45, 7) is 4.43. The van der Waals surface area contributed by atoms with Crippen molar-refractivity contribution in [3.8, 4) is 0 Å². The van der Waals surface area contributed by atoms with Crippen molar-refractivity contribution in [2.24, 2.45) is 0 Å². The van der Waals surface area contributed by atoms with Gasteiger partial charge in [0.2, 0.25) is 0 Å². The maximum atomic E-state index is 11.6. The summed E-state index contributed by atoms with van der Waals surface area (Å²) < 4.78 is 23.2. The monoisotopic (exact) mass is 361 g/mol. The van der Waals surface area contributed by atoms with Crippen LogP contribution in [0.5, 0.6) is 0 Å². The largest absolute Gasteiger partial charge is 0.365 e. The molecule has 126 valence electrons. The first-order valence-corrected chi connectivity index (χ1v) is 10.5. The molecule has 0 saturated carbocycles. The number of anilines is 1. The lowest BCUT2D eigenvalue weighted by atomic mass is 10.1. The molecule has 0 aliphatic carbocycles. The molecule has 24 heavy (non-hydrogen) atoms. The number of fused-ring (bicyclic) bond motifs is 1. The van der Waals surface area contributed by atoms with Crippen molar-refractivity contribution in [2.45, 2.75) is 26.1 Å². The molecular weight excluding hydrogens is 342 g/mol. The molecule has 5 nitrogen and oxygen atoms in total. The van der Waals surface area contributed by atoms with Crippen molar-refractivity contribution in [3.05, 3.63) is 52.2 Å². The highest BCUT2D eigenvalue weighted by Gasteiger charge is 2.12. The van der Waals surface area contributed by atoms with E-state index in [9.17, 15) is 8.42 Å². The summed E-state index contributed by atoms with van der Waals surface area (Å²) in [6, 6.07) is 7.58. The van der Waals surface area contributed by atoms with Crippen LogP contribution in [-0.4, -0.2) is 24.6 Å². The number of thiophene rings is 1. The standard InChI is InChI=1S/C17H19N3O2S2/c1-11-9-23-17-15(11)16(19-12(2)20-17)18-8-13-6-4-5-7-14(13)10-24(3,21)22/h4-7,9H,8,10H2,1-3H3,(H,18,19,20). The van der Waals surface area contributed by atoms with E-state index < -0.39 is 9.84 Å². The topological polar surface area (TPSA) is 72.0 Å². The van der Waals surface area contributed by atoms with Gasteiger partial charge in [0.05, 0.1) is 11.1 Å². The lowest BCUT2D eigenvalue weighted by Crippen LogP contribution is -2.08. The third kappa shape index (κ3) is 3.73. The zero-order chi connectivity index (χ0) is 17.3. The van der Waals surface area contributed by atoms with Crippen molar-refractivity contribution in [1.29, 1.82) is 0 Å². The van der Waals surface area contributed by atoms with Crippen LogP contribution in [0.3, 0.4) is 0 Å². The molecule has 3 aromatic rings. The van der Waals surface area contributed by atoms with Crippen LogP contribution in [-0.2, 0) is 22.1 Å². The Morgan fingerprint density at radius 3 is 2.54 bits per heavy atom. The Balaban J connectivity index is 1.91. The molecule has 2 heterocycles. The molecular formula is C17H19N3O2S2. The number of hydrogen-bond acceptors (Lipinski definition) is 6. The molecule has 0 bridgehead atoms. The van der Waals surface area contributed by atoms with E-state index in [2.05, 4.69) is 20.7 Å². The molecule has 0 spiro atoms. The molecule has 3 rings (SSSR count). The fourth-order valence-corrected chi connectivity index (χ4v) is 4.46. The van der Waals surface area contributed by atoms with Crippen LogP contribution in [0.2, 0.25) is 0 Å². The van der Waals surface area contributed by atoms with Crippen molar-refractivity contribution < 1.29 is 8.42 Å². The van der Waals surface area contributed by atoms with Crippen LogP contribution in [0, 0.1) is 13.8 Å². The van der Waals surface area contributed by atoms with Crippen LogP contribution < -0.4 is 5.32 Å². The smallest absolute Gasteiger partial charge is 0.151 e. The average Bonchev–Trinajstić information content (AvgIpc) is 2.85. The van der Waals surface area contributed by atoms with Gasteiger partial charge in [0.1, 0.15) is 16.5 Å². The average molecular weight is 361 g/mol. The summed E-state index contributed by atoms with van der Waals surface area (Å²) in [5, 5.41) is 6.46. The van der Waals surface area contributed by atoms with Crippen LogP contribution >= 0.6 is 11.3 Å². The molecule has 7 heteroatoms. The molecule has 0 unspecified atom stereocenters. The number of nitrogens with one attached hydrogen (secondary N) is 1. The first kappa shape index (κ1) is 16.9. The van der Waals surface area contributed by atoms with Crippen molar-refractivity contribution in [2.75, 3.05) is 11.6 Å². The fourth-order valence-electron chi connectivity index (χ4n) is 2.65. The summed E-state index contributed by atoms with van der Waals surface area (Å²) in [4.78, 5) is 9.95. The van der Waals surface area contributed by atoms with Crippen LogP contribution in [0.1, 0.15) is 22.5 Å². The first-order chi connectivity index (χ1) is 11.3. The Hall–Kier alpha value is -1.99. The summed E-state index contributed by atoms with van der Waals surface area (Å²) >= 11 is 1.60. The fraction of sp³-hybridized carbons (Fsp3) is 0.294. The number of sulfone groups is 1. The van der Waals surface area contributed by atoms with Gasteiger partial charge in [-0.1, -0.05) is 24.3 Å². The molecule has 0 fully saturated rings. The van der Waals surface area contributed by atoms with Crippen molar-refractivity contribution in [1.82, 2.24) is 9.97 Å². The molecule has 0 aliphatic heterocycles. The van der Waals surface area contributed by atoms with E-state index in [1.54, 1.807) is 11.3 Å². The zero-order valence-corrected chi connectivity index (χ0v) is 15.5. The third-order valence-corrected chi connectivity index (χ3v) is 5.54. The number of nitrogens with zero attached hydrogens (tertiary/aromatic N) is 2. The Kier molecular flexibility index (Phi) is 4.56. The van der Waals surface area contributed by atoms with Crippen LogP contribution in [0.25, 0.3) is 10.2 Å². The molecule has 0 aliphatic rings. The van der Waals surface area contributed by atoms with E-state index in [-0.39, 0.29) is 5.75 Å². The molecule has 0 saturated heterocycles. The van der Waals surface area contributed by atoms with E-state index in [1.165, 1.54) is 6.26 Å². The van der Waals surface area contributed by atoms with Gasteiger partial charge in [0.15, 0.2) is 9.84 Å². The van der Waals surface area contributed by atoms with Crippen molar-refractivity contribution in [3.63, 3.8) is 0 Å². The molecule has 0 amide bonds.